The van der Waals surface area contributed by atoms with E-state index in [-0.39, 0.29) is 11.7 Å². The second-order valence-corrected chi connectivity index (χ2v) is 5.24. The molecular weight excluding hydrogens is 326 g/mol. The Balaban J connectivity index is 2.72. The van der Waals surface area contributed by atoms with Gasteiger partial charge >= 0.3 is 0 Å². The van der Waals surface area contributed by atoms with Crippen LogP contribution in [0.4, 0.5) is 5.69 Å². The minimum atomic E-state index is -0.121. The zero-order valence-electron chi connectivity index (χ0n) is 12.2. The lowest BCUT2D eigenvalue weighted by molar-refractivity contribution is 0.0365. The smallest absolute Gasteiger partial charge is 0.283 e. The highest BCUT2D eigenvalue weighted by atomic mass is 79.9. The predicted octanol–water partition coefficient (Wildman–Crippen LogP) is 1.88. The van der Waals surface area contributed by atoms with Gasteiger partial charge in [-0.2, -0.15) is 5.10 Å². The van der Waals surface area contributed by atoms with Crippen LogP contribution >= 0.6 is 15.9 Å². The van der Waals surface area contributed by atoms with Crippen LogP contribution in [0.15, 0.2) is 15.5 Å². The van der Waals surface area contributed by atoms with Crippen LogP contribution in [0.2, 0.25) is 0 Å². The number of aryl methyl sites for hydroxylation is 1. The molecule has 1 heterocycles. The van der Waals surface area contributed by atoms with Gasteiger partial charge < -0.3 is 14.8 Å². The summed E-state index contributed by atoms with van der Waals surface area (Å²) in [5, 5.41) is 7.31. The van der Waals surface area contributed by atoms with Crippen LogP contribution < -0.4 is 10.9 Å². The van der Waals surface area contributed by atoms with E-state index in [1.54, 1.807) is 20.4 Å². The Morgan fingerprint density at radius 1 is 1.50 bits per heavy atom. The standard InChI is InChI=1S/C13H22BrN3O3/c1-4-5-6-17-13(18)12(14)11(8-16-17)15-7-10(20-3)9-19-2/h8,10,15H,4-7,9H2,1-3H3. The van der Waals surface area contributed by atoms with E-state index in [0.29, 0.717) is 29.9 Å². The summed E-state index contributed by atoms with van der Waals surface area (Å²) < 4.78 is 12.3. The molecule has 0 fully saturated rings. The summed E-state index contributed by atoms with van der Waals surface area (Å²) in [7, 11) is 3.25. The second kappa shape index (κ2) is 9.10. The van der Waals surface area contributed by atoms with Crippen molar-refractivity contribution in [3.05, 3.63) is 21.0 Å². The Bertz CT molecular complexity index is 465. The van der Waals surface area contributed by atoms with Crippen LogP contribution in [0.3, 0.4) is 0 Å². The van der Waals surface area contributed by atoms with Crippen LogP contribution in [-0.4, -0.2) is 43.3 Å². The Morgan fingerprint density at radius 3 is 2.85 bits per heavy atom. The third-order valence-electron chi connectivity index (χ3n) is 2.91. The Kier molecular flexibility index (Phi) is 7.79. The first kappa shape index (κ1) is 17.1. The number of rotatable bonds is 9. The number of nitrogens with zero attached hydrogens (tertiary/aromatic N) is 2. The molecule has 0 bridgehead atoms. The maximum Gasteiger partial charge on any atom is 0.283 e. The lowest BCUT2D eigenvalue weighted by atomic mass is 10.3. The minimum absolute atomic E-state index is 0.0746. The van der Waals surface area contributed by atoms with Gasteiger partial charge in [-0.15, -0.1) is 0 Å². The van der Waals surface area contributed by atoms with E-state index in [2.05, 4.69) is 33.3 Å². The van der Waals surface area contributed by atoms with Crippen LogP contribution in [0.25, 0.3) is 0 Å². The van der Waals surface area contributed by atoms with E-state index in [1.807, 2.05) is 0 Å². The first-order chi connectivity index (χ1) is 9.63. The molecule has 0 aromatic carbocycles. The fraction of sp³-hybridized carbons (Fsp3) is 0.692. The van der Waals surface area contributed by atoms with E-state index in [4.69, 9.17) is 9.47 Å². The predicted molar refractivity (Wildman–Crippen MR) is 82.3 cm³/mol. The van der Waals surface area contributed by atoms with Gasteiger partial charge in [0.25, 0.3) is 5.56 Å². The fourth-order valence-electron chi connectivity index (χ4n) is 1.68. The molecule has 7 heteroatoms. The van der Waals surface area contributed by atoms with Crippen molar-refractivity contribution in [3.8, 4) is 0 Å². The number of ether oxygens (including phenoxy) is 2. The van der Waals surface area contributed by atoms with E-state index in [1.165, 1.54) is 4.68 Å². The van der Waals surface area contributed by atoms with Crippen LogP contribution in [0.5, 0.6) is 0 Å². The fourth-order valence-corrected chi connectivity index (χ4v) is 2.12. The Hall–Kier alpha value is -0.920. The molecule has 0 saturated carbocycles. The van der Waals surface area contributed by atoms with E-state index in [0.717, 1.165) is 12.8 Å². The molecule has 1 rings (SSSR count). The zero-order chi connectivity index (χ0) is 15.0. The quantitative estimate of drug-likeness (QED) is 0.738. The van der Waals surface area contributed by atoms with Gasteiger partial charge in [0.05, 0.1) is 24.6 Å². The third-order valence-corrected chi connectivity index (χ3v) is 3.68. The van der Waals surface area contributed by atoms with Crippen molar-refractivity contribution in [1.82, 2.24) is 9.78 Å². The van der Waals surface area contributed by atoms with Crippen molar-refractivity contribution in [2.24, 2.45) is 0 Å². The van der Waals surface area contributed by atoms with Crippen molar-refractivity contribution in [3.63, 3.8) is 0 Å². The summed E-state index contributed by atoms with van der Waals surface area (Å²) in [6, 6.07) is 0. The van der Waals surface area contributed by atoms with Gasteiger partial charge in [-0.05, 0) is 22.4 Å². The number of hydrogen-bond acceptors (Lipinski definition) is 5. The van der Waals surface area contributed by atoms with Gasteiger partial charge in [0.15, 0.2) is 0 Å². The highest BCUT2D eigenvalue weighted by Gasteiger charge is 2.11. The lowest BCUT2D eigenvalue weighted by Crippen LogP contribution is -2.29. The number of halogens is 1. The van der Waals surface area contributed by atoms with Crippen molar-refractivity contribution in [1.29, 1.82) is 0 Å². The number of nitrogens with one attached hydrogen (secondary N) is 1. The first-order valence-electron chi connectivity index (χ1n) is 6.65. The highest BCUT2D eigenvalue weighted by Crippen LogP contribution is 2.16. The molecule has 1 aromatic rings. The average Bonchev–Trinajstić information content (AvgIpc) is 2.46. The number of aromatic nitrogens is 2. The highest BCUT2D eigenvalue weighted by molar-refractivity contribution is 9.10. The normalized spacial score (nSPS) is 12.4. The van der Waals surface area contributed by atoms with Crippen molar-refractivity contribution in [2.75, 3.05) is 32.7 Å². The molecule has 114 valence electrons. The molecular formula is C13H22BrN3O3. The molecule has 0 aliphatic carbocycles. The van der Waals surface area contributed by atoms with Crippen molar-refractivity contribution in [2.45, 2.75) is 32.4 Å². The van der Waals surface area contributed by atoms with Gasteiger partial charge in [0, 0.05) is 27.3 Å². The molecule has 0 amide bonds. The number of methoxy groups -OCH3 is 2. The molecule has 0 aliphatic rings. The number of unbranched alkanes of at least 4 members (excludes halogenated alkanes) is 1. The molecule has 0 spiro atoms. The number of anilines is 1. The number of hydrogen-bond donors (Lipinski definition) is 1. The van der Waals surface area contributed by atoms with Crippen LogP contribution in [0, 0.1) is 0 Å². The zero-order valence-corrected chi connectivity index (χ0v) is 13.8. The second-order valence-electron chi connectivity index (χ2n) is 4.45. The maximum atomic E-state index is 12.1. The molecule has 6 nitrogen and oxygen atoms in total. The summed E-state index contributed by atoms with van der Waals surface area (Å²) in [5.41, 5.74) is 0.546. The summed E-state index contributed by atoms with van der Waals surface area (Å²) in [6.07, 6.45) is 3.54. The Labute approximate surface area is 127 Å². The largest absolute Gasteiger partial charge is 0.382 e. The summed E-state index contributed by atoms with van der Waals surface area (Å²) >= 11 is 3.33. The van der Waals surface area contributed by atoms with Gasteiger partial charge in [-0.1, -0.05) is 13.3 Å². The molecule has 0 aliphatic heterocycles. The van der Waals surface area contributed by atoms with Gasteiger partial charge in [-0.3, -0.25) is 4.79 Å². The van der Waals surface area contributed by atoms with Crippen LogP contribution in [-0.2, 0) is 16.0 Å². The summed E-state index contributed by atoms with van der Waals surface area (Å²) in [6.45, 7) is 3.75. The summed E-state index contributed by atoms with van der Waals surface area (Å²) in [4.78, 5) is 12.1. The molecule has 0 radical (unpaired) electrons. The minimum Gasteiger partial charge on any atom is -0.382 e. The molecule has 1 N–H and O–H groups in total. The summed E-state index contributed by atoms with van der Waals surface area (Å²) in [5.74, 6) is 0. The van der Waals surface area contributed by atoms with E-state index < -0.39 is 0 Å². The molecule has 0 saturated heterocycles. The SMILES string of the molecule is CCCCn1ncc(NCC(COC)OC)c(Br)c1=O. The first-order valence-corrected chi connectivity index (χ1v) is 7.44. The van der Waals surface area contributed by atoms with Gasteiger partial charge in [0.1, 0.15) is 4.47 Å². The third kappa shape index (κ3) is 4.88. The van der Waals surface area contributed by atoms with E-state index >= 15 is 0 Å². The van der Waals surface area contributed by atoms with Crippen molar-refractivity contribution >= 4 is 21.6 Å². The van der Waals surface area contributed by atoms with Crippen LogP contribution in [0.1, 0.15) is 19.8 Å². The lowest BCUT2D eigenvalue weighted by Gasteiger charge is -2.16. The average molecular weight is 348 g/mol. The van der Waals surface area contributed by atoms with E-state index in [9.17, 15) is 4.79 Å². The molecule has 1 unspecified atom stereocenters. The maximum absolute atomic E-state index is 12.1. The monoisotopic (exact) mass is 347 g/mol. The van der Waals surface area contributed by atoms with Gasteiger partial charge in [-0.25, -0.2) is 4.68 Å². The van der Waals surface area contributed by atoms with Gasteiger partial charge in [0.2, 0.25) is 0 Å². The molecule has 1 aromatic heterocycles. The van der Waals surface area contributed by atoms with Crippen molar-refractivity contribution < 1.29 is 9.47 Å². The molecule has 1 atom stereocenters. The molecule has 20 heavy (non-hydrogen) atoms. The topological polar surface area (TPSA) is 65.4 Å². The Morgan fingerprint density at radius 2 is 2.25 bits per heavy atom.